The monoisotopic (exact) mass is 321 g/mol. The summed E-state index contributed by atoms with van der Waals surface area (Å²) in [6.45, 7) is 2.65. The molecule has 112 valence electrons. The van der Waals surface area contributed by atoms with E-state index < -0.39 is 6.10 Å². The summed E-state index contributed by atoms with van der Waals surface area (Å²) in [6, 6.07) is 14.0. The molecule has 2 aromatic rings. The van der Waals surface area contributed by atoms with Gasteiger partial charge in [0.25, 0.3) is 0 Å². The third kappa shape index (κ3) is 4.48. The van der Waals surface area contributed by atoms with Crippen LogP contribution in [0.3, 0.4) is 0 Å². The van der Waals surface area contributed by atoms with Crippen molar-refractivity contribution in [3.8, 4) is 0 Å². The predicted molar refractivity (Wildman–Crippen MR) is 90.0 cm³/mol. The van der Waals surface area contributed by atoms with Gasteiger partial charge >= 0.3 is 0 Å². The first kappa shape index (κ1) is 16.4. The van der Waals surface area contributed by atoms with E-state index >= 15 is 0 Å². The Kier molecular flexibility index (Phi) is 5.71. The molecule has 1 atom stereocenters. The minimum atomic E-state index is -0.535. The highest BCUT2D eigenvalue weighted by Gasteiger charge is 2.12. The second kappa shape index (κ2) is 7.32. The van der Waals surface area contributed by atoms with Crippen LogP contribution in [0.2, 0.25) is 5.02 Å². The summed E-state index contributed by atoms with van der Waals surface area (Å²) in [6.07, 6.45) is -0.535. The molecule has 0 saturated heterocycles. The van der Waals surface area contributed by atoms with Crippen molar-refractivity contribution < 1.29 is 5.11 Å². The zero-order valence-corrected chi connectivity index (χ0v) is 14.1. The average molecular weight is 322 g/mol. The van der Waals surface area contributed by atoms with Crippen LogP contribution in [0.15, 0.2) is 52.3 Å². The quantitative estimate of drug-likeness (QED) is 0.870. The van der Waals surface area contributed by atoms with E-state index in [1.807, 2.05) is 24.3 Å². The zero-order valence-electron chi connectivity index (χ0n) is 12.5. The minimum Gasteiger partial charge on any atom is -0.389 e. The lowest BCUT2D eigenvalue weighted by Gasteiger charge is -2.16. The molecule has 0 aliphatic rings. The molecule has 2 aromatic carbocycles. The van der Waals surface area contributed by atoms with Gasteiger partial charge < -0.3 is 10.0 Å². The molecular weight excluding hydrogens is 302 g/mol. The topological polar surface area (TPSA) is 23.5 Å². The van der Waals surface area contributed by atoms with Gasteiger partial charge in [0.05, 0.1) is 6.10 Å². The molecule has 1 unspecified atom stereocenters. The number of aliphatic hydroxyl groups is 1. The average Bonchev–Trinajstić information content (AvgIpc) is 2.42. The van der Waals surface area contributed by atoms with Crippen LogP contribution in [0.1, 0.15) is 24.2 Å². The summed E-state index contributed by atoms with van der Waals surface area (Å²) in [5.74, 6) is 0. The van der Waals surface area contributed by atoms with Gasteiger partial charge in [-0.1, -0.05) is 41.6 Å². The highest BCUT2D eigenvalue weighted by molar-refractivity contribution is 7.99. The smallest absolute Gasteiger partial charge is 0.0773 e. The second-order valence-corrected chi connectivity index (χ2v) is 6.83. The molecule has 4 heteroatoms. The van der Waals surface area contributed by atoms with Crippen LogP contribution in [0, 0.1) is 0 Å². The van der Waals surface area contributed by atoms with E-state index in [-0.39, 0.29) is 0 Å². The van der Waals surface area contributed by atoms with Gasteiger partial charge in [-0.3, -0.25) is 0 Å². The number of rotatable bonds is 5. The summed E-state index contributed by atoms with van der Waals surface area (Å²) in [5.41, 5.74) is 2.14. The van der Waals surface area contributed by atoms with Crippen LogP contribution in [0.25, 0.3) is 0 Å². The van der Waals surface area contributed by atoms with E-state index in [0.29, 0.717) is 5.02 Å². The summed E-state index contributed by atoms with van der Waals surface area (Å²) < 4.78 is 0. The van der Waals surface area contributed by atoms with Crippen LogP contribution in [0.4, 0.5) is 0 Å². The van der Waals surface area contributed by atoms with Crippen molar-refractivity contribution in [2.24, 2.45) is 0 Å². The van der Waals surface area contributed by atoms with Crippen molar-refractivity contribution in [3.63, 3.8) is 0 Å². The van der Waals surface area contributed by atoms with Crippen LogP contribution in [-0.2, 0) is 6.54 Å². The number of hydrogen-bond acceptors (Lipinski definition) is 3. The van der Waals surface area contributed by atoms with Gasteiger partial charge in [0.2, 0.25) is 0 Å². The fourth-order valence-electron chi connectivity index (χ4n) is 2.13. The Morgan fingerprint density at radius 1 is 1.14 bits per heavy atom. The maximum Gasteiger partial charge on any atom is 0.0773 e. The molecule has 0 fully saturated rings. The molecule has 0 aromatic heterocycles. The van der Waals surface area contributed by atoms with E-state index in [0.717, 1.165) is 17.0 Å². The Labute approximate surface area is 135 Å². The molecule has 21 heavy (non-hydrogen) atoms. The molecule has 0 aliphatic carbocycles. The number of halogens is 1. The van der Waals surface area contributed by atoms with Crippen LogP contribution >= 0.6 is 23.4 Å². The second-order valence-electron chi connectivity index (χ2n) is 5.31. The first-order valence-corrected chi connectivity index (χ1v) is 8.05. The van der Waals surface area contributed by atoms with Gasteiger partial charge in [-0.2, -0.15) is 0 Å². The Morgan fingerprint density at radius 2 is 1.86 bits per heavy atom. The van der Waals surface area contributed by atoms with Crippen molar-refractivity contribution in [2.75, 3.05) is 14.1 Å². The van der Waals surface area contributed by atoms with E-state index in [1.165, 1.54) is 10.5 Å². The third-order valence-corrected chi connectivity index (χ3v) is 4.55. The van der Waals surface area contributed by atoms with Crippen molar-refractivity contribution in [1.29, 1.82) is 0 Å². The molecule has 1 N–H and O–H groups in total. The van der Waals surface area contributed by atoms with Crippen molar-refractivity contribution >= 4 is 23.4 Å². The molecule has 0 bridgehead atoms. The molecular formula is C17H20ClNOS. The normalized spacial score (nSPS) is 12.7. The number of hydrogen-bond donors (Lipinski definition) is 1. The zero-order chi connectivity index (χ0) is 15.4. The van der Waals surface area contributed by atoms with Crippen LogP contribution < -0.4 is 0 Å². The summed E-state index contributed by atoms with van der Waals surface area (Å²) in [5, 5.41) is 10.6. The van der Waals surface area contributed by atoms with Gasteiger partial charge in [0, 0.05) is 21.4 Å². The molecule has 0 amide bonds. The third-order valence-electron chi connectivity index (χ3n) is 3.10. The fraction of sp³-hybridized carbons (Fsp3) is 0.294. The lowest BCUT2D eigenvalue weighted by Crippen LogP contribution is -2.11. The van der Waals surface area contributed by atoms with E-state index in [4.69, 9.17) is 11.6 Å². The molecule has 0 aliphatic heterocycles. The first-order chi connectivity index (χ1) is 9.97. The Hall–Kier alpha value is -1.00. The van der Waals surface area contributed by atoms with Crippen LogP contribution in [0.5, 0.6) is 0 Å². The summed E-state index contributed by atoms with van der Waals surface area (Å²) >= 11 is 7.71. The van der Waals surface area contributed by atoms with Gasteiger partial charge in [-0.25, -0.2) is 0 Å². The highest BCUT2D eigenvalue weighted by Crippen LogP contribution is 2.36. The standard InChI is InChI=1S/C17H20ClNOS/c1-12(20)15-10-14(18)8-9-17(15)21-16-7-5-4-6-13(16)11-19(2)3/h4-10,12,20H,11H2,1-3H3. The molecule has 0 radical (unpaired) electrons. The number of nitrogens with zero attached hydrogens (tertiary/aromatic N) is 1. The minimum absolute atomic E-state index is 0.535. The number of benzene rings is 2. The lowest BCUT2D eigenvalue weighted by molar-refractivity contribution is 0.196. The van der Waals surface area contributed by atoms with E-state index in [1.54, 1.807) is 18.7 Å². The molecule has 0 spiro atoms. The SMILES string of the molecule is CC(O)c1cc(Cl)ccc1Sc1ccccc1CN(C)C. The number of aliphatic hydroxyl groups excluding tert-OH is 1. The predicted octanol–water partition coefficient (Wildman–Crippen LogP) is 4.61. The summed E-state index contributed by atoms with van der Waals surface area (Å²) in [7, 11) is 4.12. The van der Waals surface area contributed by atoms with Gasteiger partial charge in [-0.15, -0.1) is 0 Å². The summed E-state index contributed by atoms with van der Waals surface area (Å²) in [4.78, 5) is 4.40. The Balaban J connectivity index is 2.34. The van der Waals surface area contributed by atoms with Crippen molar-refractivity contribution in [2.45, 2.75) is 29.4 Å². The maximum atomic E-state index is 9.94. The largest absolute Gasteiger partial charge is 0.389 e. The lowest BCUT2D eigenvalue weighted by atomic mass is 10.1. The van der Waals surface area contributed by atoms with E-state index in [9.17, 15) is 5.11 Å². The molecule has 0 saturated carbocycles. The highest BCUT2D eigenvalue weighted by atomic mass is 35.5. The van der Waals surface area contributed by atoms with Gasteiger partial charge in [0.15, 0.2) is 0 Å². The van der Waals surface area contributed by atoms with Crippen LogP contribution in [-0.4, -0.2) is 24.1 Å². The Morgan fingerprint density at radius 3 is 2.52 bits per heavy atom. The Bertz CT molecular complexity index is 613. The maximum absolute atomic E-state index is 9.94. The van der Waals surface area contributed by atoms with Crippen molar-refractivity contribution in [3.05, 3.63) is 58.6 Å². The van der Waals surface area contributed by atoms with Gasteiger partial charge in [0.1, 0.15) is 0 Å². The van der Waals surface area contributed by atoms with Gasteiger partial charge in [-0.05, 0) is 56.4 Å². The molecule has 0 heterocycles. The molecule has 2 rings (SSSR count). The van der Waals surface area contributed by atoms with E-state index in [2.05, 4.69) is 37.2 Å². The first-order valence-electron chi connectivity index (χ1n) is 6.85. The molecule has 2 nitrogen and oxygen atoms in total. The fourth-order valence-corrected chi connectivity index (χ4v) is 3.44. The van der Waals surface area contributed by atoms with Crippen molar-refractivity contribution in [1.82, 2.24) is 4.90 Å².